The van der Waals surface area contributed by atoms with E-state index in [-0.39, 0.29) is 12.3 Å². The van der Waals surface area contributed by atoms with Crippen molar-refractivity contribution in [3.63, 3.8) is 0 Å². The van der Waals surface area contributed by atoms with E-state index in [9.17, 15) is 9.59 Å². The number of methoxy groups -OCH3 is 1. The molecule has 0 radical (unpaired) electrons. The van der Waals surface area contributed by atoms with Gasteiger partial charge in [0.1, 0.15) is 6.04 Å². The molecule has 1 fully saturated rings. The van der Waals surface area contributed by atoms with Gasteiger partial charge in [-0.15, -0.1) is 0 Å². The van der Waals surface area contributed by atoms with Crippen molar-refractivity contribution in [2.45, 2.75) is 18.9 Å². The van der Waals surface area contributed by atoms with Gasteiger partial charge in [-0.1, -0.05) is 30.3 Å². The molecule has 20 heavy (non-hydrogen) atoms. The van der Waals surface area contributed by atoms with Crippen molar-refractivity contribution >= 4 is 29.2 Å². The van der Waals surface area contributed by atoms with Crippen LogP contribution in [-0.4, -0.2) is 41.6 Å². The molecule has 0 saturated carbocycles. The van der Waals surface area contributed by atoms with Gasteiger partial charge < -0.3 is 15.0 Å². The fourth-order valence-electron chi connectivity index (χ4n) is 2.14. The molecule has 1 atom stereocenters. The lowest BCUT2D eigenvalue weighted by Crippen LogP contribution is -2.38. The molecule has 0 spiro atoms. The van der Waals surface area contributed by atoms with E-state index in [0.29, 0.717) is 11.7 Å². The van der Waals surface area contributed by atoms with Gasteiger partial charge in [-0.25, -0.2) is 0 Å². The summed E-state index contributed by atoms with van der Waals surface area (Å²) in [4.78, 5) is 24.9. The summed E-state index contributed by atoms with van der Waals surface area (Å²) in [5, 5.41) is 2.97. The predicted molar refractivity (Wildman–Crippen MR) is 78.0 cm³/mol. The lowest BCUT2D eigenvalue weighted by atomic mass is 10.1. The summed E-state index contributed by atoms with van der Waals surface area (Å²) in [6.45, 7) is 0.587. The van der Waals surface area contributed by atoms with Crippen LogP contribution >= 0.6 is 12.2 Å². The summed E-state index contributed by atoms with van der Waals surface area (Å²) >= 11 is 5.14. The minimum absolute atomic E-state index is 0.0112. The van der Waals surface area contributed by atoms with Crippen molar-refractivity contribution < 1.29 is 14.3 Å². The zero-order valence-corrected chi connectivity index (χ0v) is 12.0. The number of hydrogen-bond acceptors (Lipinski definition) is 4. The Kier molecular flexibility index (Phi) is 4.68. The summed E-state index contributed by atoms with van der Waals surface area (Å²) in [7, 11) is 1.31. The molecule has 1 aromatic rings. The number of rotatable bonds is 5. The third-order valence-electron chi connectivity index (χ3n) is 3.24. The van der Waals surface area contributed by atoms with E-state index in [4.69, 9.17) is 12.2 Å². The maximum atomic E-state index is 11.8. The smallest absolute Gasteiger partial charge is 0.308 e. The molecule has 1 aliphatic rings. The van der Waals surface area contributed by atoms with E-state index in [1.54, 1.807) is 4.90 Å². The highest BCUT2D eigenvalue weighted by Gasteiger charge is 2.37. The topological polar surface area (TPSA) is 58.6 Å². The Labute approximate surface area is 122 Å². The van der Waals surface area contributed by atoms with Gasteiger partial charge in [-0.2, -0.15) is 0 Å². The van der Waals surface area contributed by atoms with Crippen molar-refractivity contribution in [3.8, 4) is 0 Å². The van der Waals surface area contributed by atoms with Crippen LogP contribution in [0.4, 0.5) is 0 Å². The Balaban J connectivity index is 2.01. The van der Waals surface area contributed by atoms with Crippen LogP contribution in [-0.2, 0) is 20.7 Å². The summed E-state index contributed by atoms with van der Waals surface area (Å²) in [6.07, 6.45) is 0.769. The molecule has 0 aliphatic carbocycles. The molecule has 0 bridgehead atoms. The van der Waals surface area contributed by atoms with E-state index in [1.165, 1.54) is 7.11 Å². The molecule has 0 aromatic heterocycles. The molecule has 1 aromatic carbocycles. The van der Waals surface area contributed by atoms with Gasteiger partial charge in [0.2, 0.25) is 5.91 Å². The average molecular weight is 292 g/mol. The molecule has 1 saturated heterocycles. The standard InChI is InChI=1S/C14H16N2O3S/c1-19-12(17)9-11-13(18)15-14(20)16(11)8-7-10-5-3-2-4-6-10/h2-6,11H,7-9H2,1H3,(H,15,18,20)/t11-/m0/s1. The van der Waals surface area contributed by atoms with Crippen LogP contribution in [0.3, 0.4) is 0 Å². The molecule has 106 valence electrons. The fraction of sp³-hybridized carbons (Fsp3) is 0.357. The van der Waals surface area contributed by atoms with Gasteiger partial charge in [-0.05, 0) is 24.2 Å². The van der Waals surface area contributed by atoms with E-state index >= 15 is 0 Å². The van der Waals surface area contributed by atoms with Crippen LogP contribution in [0.1, 0.15) is 12.0 Å². The van der Waals surface area contributed by atoms with Crippen LogP contribution < -0.4 is 5.32 Å². The number of amides is 1. The van der Waals surface area contributed by atoms with Gasteiger partial charge in [0.25, 0.3) is 0 Å². The van der Waals surface area contributed by atoms with Crippen LogP contribution in [0.25, 0.3) is 0 Å². The summed E-state index contributed by atoms with van der Waals surface area (Å²) in [5.41, 5.74) is 1.16. The Morgan fingerprint density at radius 3 is 2.75 bits per heavy atom. The van der Waals surface area contributed by atoms with Gasteiger partial charge in [0.15, 0.2) is 5.11 Å². The SMILES string of the molecule is COC(=O)C[C@H]1C(=O)NC(=S)N1CCc1ccccc1. The quantitative estimate of drug-likeness (QED) is 0.645. The number of nitrogens with one attached hydrogen (secondary N) is 1. The van der Waals surface area contributed by atoms with Gasteiger partial charge >= 0.3 is 5.97 Å². The molecule has 2 rings (SSSR count). The van der Waals surface area contributed by atoms with E-state index < -0.39 is 12.0 Å². The predicted octanol–water partition coefficient (Wildman–Crippen LogP) is 0.877. The first-order chi connectivity index (χ1) is 9.61. The van der Waals surface area contributed by atoms with Crippen LogP contribution in [0.15, 0.2) is 30.3 Å². The van der Waals surface area contributed by atoms with Gasteiger partial charge in [0, 0.05) is 6.54 Å². The number of nitrogens with zero attached hydrogens (tertiary/aromatic N) is 1. The van der Waals surface area contributed by atoms with E-state index in [2.05, 4.69) is 10.1 Å². The molecular formula is C14H16N2O3S. The number of thiocarbonyl (C=S) groups is 1. The highest BCUT2D eigenvalue weighted by atomic mass is 32.1. The Morgan fingerprint density at radius 2 is 2.10 bits per heavy atom. The van der Waals surface area contributed by atoms with Crippen molar-refractivity contribution in [2.75, 3.05) is 13.7 Å². The maximum Gasteiger partial charge on any atom is 0.308 e. The number of carbonyl (C=O) groups is 2. The number of ether oxygens (including phenoxy) is 1. The molecule has 0 unspecified atom stereocenters. The lowest BCUT2D eigenvalue weighted by Gasteiger charge is -2.22. The second kappa shape index (κ2) is 6.47. The van der Waals surface area contributed by atoms with Gasteiger partial charge in [0.05, 0.1) is 13.5 Å². The summed E-state index contributed by atoms with van der Waals surface area (Å²) < 4.78 is 4.62. The zero-order chi connectivity index (χ0) is 14.5. The average Bonchev–Trinajstić information content (AvgIpc) is 2.72. The molecule has 1 heterocycles. The van der Waals surface area contributed by atoms with Crippen molar-refractivity contribution in [3.05, 3.63) is 35.9 Å². The number of carbonyl (C=O) groups excluding carboxylic acids is 2. The molecule has 6 heteroatoms. The summed E-state index contributed by atoms with van der Waals surface area (Å²) in [6, 6.07) is 9.35. The summed E-state index contributed by atoms with van der Waals surface area (Å²) in [5.74, 6) is -0.659. The monoisotopic (exact) mass is 292 g/mol. The normalized spacial score (nSPS) is 18.1. The van der Waals surface area contributed by atoms with Crippen molar-refractivity contribution in [2.24, 2.45) is 0 Å². The lowest BCUT2D eigenvalue weighted by molar-refractivity contribution is -0.143. The highest BCUT2D eigenvalue weighted by molar-refractivity contribution is 7.80. The Morgan fingerprint density at radius 1 is 1.40 bits per heavy atom. The highest BCUT2D eigenvalue weighted by Crippen LogP contribution is 2.14. The van der Waals surface area contributed by atoms with Crippen LogP contribution in [0.5, 0.6) is 0 Å². The molecule has 1 amide bonds. The largest absolute Gasteiger partial charge is 0.469 e. The molecule has 1 aliphatic heterocycles. The maximum absolute atomic E-state index is 11.8. The third-order valence-corrected chi connectivity index (χ3v) is 3.58. The number of hydrogen-bond donors (Lipinski definition) is 1. The molecule has 1 N–H and O–H groups in total. The molecule has 5 nitrogen and oxygen atoms in total. The van der Waals surface area contributed by atoms with Crippen LogP contribution in [0.2, 0.25) is 0 Å². The fourth-order valence-corrected chi connectivity index (χ4v) is 2.46. The first-order valence-electron chi connectivity index (χ1n) is 6.34. The van der Waals surface area contributed by atoms with E-state index in [0.717, 1.165) is 12.0 Å². The first-order valence-corrected chi connectivity index (χ1v) is 6.75. The number of benzene rings is 1. The Hall–Kier alpha value is -1.95. The van der Waals surface area contributed by atoms with E-state index in [1.807, 2.05) is 30.3 Å². The zero-order valence-electron chi connectivity index (χ0n) is 11.2. The molecular weight excluding hydrogens is 276 g/mol. The minimum Gasteiger partial charge on any atom is -0.469 e. The van der Waals surface area contributed by atoms with Gasteiger partial charge in [-0.3, -0.25) is 9.59 Å². The minimum atomic E-state index is -0.571. The second-order valence-corrected chi connectivity index (χ2v) is 4.91. The Bertz CT molecular complexity index is 518. The van der Waals surface area contributed by atoms with Crippen LogP contribution in [0, 0.1) is 0 Å². The first kappa shape index (κ1) is 14.5. The number of esters is 1. The second-order valence-electron chi connectivity index (χ2n) is 4.52. The van der Waals surface area contributed by atoms with Crippen molar-refractivity contribution in [1.29, 1.82) is 0 Å². The third kappa shape index (κ3) is 3.33. The van der Waals surface area contributed by atoms with Crippen molar-refractivity contribution in [1.82, 2.24) is 10.2 Å².